The number of nitrogens with zero attached hydrogens (tertiary/aromatic N) is 5. The normalized spacial score (nSPS) is 11.5. The molecule has 0 unspecified atom stereocenters. The van der Waals surface area contributed by atoms with E-state index in [-0.39, 0.29) is 5.56 Å². The van der Waals surface area contributed by atoms with Gasteiger partial charge in [0, 0.05) is 14.1 Å². The van der Waals surface area contributed by atoms with Gasteiger partial charge >= 0.3 is 5.69 Å². The van der Waals surface area contributed by atoms with Gasteiger partial charge < -0.3 is 8.98 Å². The van der Waals surface area contributed by atoms with E-state index < -0.39 is 5.69 Å². The van der Waals surface area contributed by atoms with Gasteiger partial charge in [-0.25, -0.2) is 14.8 Å². The van der Waals surface area contributed by atoms with Crippen molar-refractivity contribution in [3.05, 3.63) is 74.1 Å². The molecule has 0 saturated heterocycles. The molecule has 0 aliphatic carbocycles. The third-order valence-electron chi connectivity index (χ3n) is 5.06. The van der Waals surface area contributed by atoms with Gasteiger partial charge in [0.25, 0.3) is 5.56 Å². The maximum atomic E-state index is 12.9. The molecule has 9 heteroatoms. The quantitative estimate of drug-likeness (QED) is 0.441. The highest BCUT2D eigenvalue weighted by molar-refractivity contribution is 7.98. The van der Waals surface area contributed by atoms with Crippen LogP contribution in [0, 0.1) is 6.92 Å². The Morgan fingerprint density at radius 2 is 1.80 bits per heavy atom. The molecule has 0 atom stereocenters. The van der Waals surface area contributed by atoms with Gasteiger partial charge in [0.1, 0.15) is 6.26 Å². The minimum Gasteiger partial charge on any atom is -0.448 e. The Labute approximate surface area is 177 Å². The molecule has 0 aliphatic rings. The summed E-state index contributed by atoms with van der Waals surface area (Å²) in [6, 6.07) is 8.13. The highest BCUT2D eigenvalue weighted by Crippen LogP contribution is 2.26. The van der Waals surface area contributed by atoms with Gasteiger partial charge in [-0.05, 0) is 18.9 Å². The van der Waals surface area contributed by atoms with E-state index in [9.17, 15) is 9.59 Å². The Hall–Kier alpha value is -3.07. The first kappa shape index (κ1) is 20.2. The van der Waals surface area contributed by atoms with Crippen LogP contribution in [0.3, 0.4) is 0 Å². The van der Waals surface area contributed by atoms with Gasteiger partial charge in [-0.1, -0.05) is 48.5 Å². The fourth-order valence-corrected chi connectivity index (χ4v) is 4.11. The van der Waals surface area contributed by atoms with Crippen LogP contribution in [-0.2, 0) is 32.8 Å². The highest BCUT2D eigenvalue weighted by atomic mass is 32.2. The fraction of sp³-hybridized carbons (Fsp3) is 0.333. The molecule has 0 aliphatic heterocycles. The molecule has 0 amide bonds. The van der Waals surface area contributed by atoms with Crippen molar-refractivity contribution in [1.82, 2.24) is 23.7 Å². The summed E-state index contributed by atoms with van der Waals surface area (Å²) in [4.78, 5) is 34.4. The van der Waals surface area contributed by atoms with Crippen molar-refractivity contribution in [3.8, 4) is 0 Å². The molecule has 0 N–H and O–H groups in total. The zero-order valence-electron chi connectivity index (χ0n) is 17.4. The Bertz CT molecular complexity index is 1330. The standard InChI is InChI=1S/C21H23N5O3S/c1-5-15-11-29-16(22-15)12-30-20-23-18-17(19(27)25(4)21(28)24(18)3)26(20)10-14-8-6-13(2)7-9-14/h6-9,11H,5,10,12H2,1-4H3. The van der Waals surface area contributed by atoms with E-state index in [1.807, 2.05) is 42.7 Å². The summed E-state index contributed by atoms with van der Waals surface area (Å²) in [5.74, 6) is 1.08. The van der Waals surface area contributed by atoms with Crippen LogP contribution in [0.15, 0.2) is 49.7 Å². The van der Waals surface area contributed by atoms with Crippen molar-refractivity contribution in [3.63, 3.8) is 0 Å². The molecule has 0 spiro atoms. The summed E-state index contributed by atoms with van der Waals surface area (Å²) in [5.41, 5.74) is 3.13. The van der Waals surface area contributed by atoms with E-state index in [0.29, 0.717) is 34.5 Å². The largest absolute Gasteiger partial charge is 0.448 e. The van der Waals surface area contributed by atoms with E-state index in [4.69, 9.17) is 4.42 Å². The average molecular weight is 426 g/mol. The van der Waals surface area contributed by atoms with Crippen LogP contribution in [0.2, 0.25) is 0 Å². The summed E-state index contributed by atoms with van der Waals surface area (Å²) in [7, 11) is 3.11. The first-order chi connectivity index (χ1) is 14.4. The van der Waals surface area contributed by atoms with Crippen LogP contribution >= 0.6 is 11.8 Å². The molecule has 8 nitrogen and oxygen atoms in total. The van der Waals surface area contributed by atoms with Crippen molar-refractivity contribution in [1.29, 1.82) is 0 Å². The zero-order valence-corrected chi connectivity index (χ0v) is 18.2. The van der Waals surface area contributed by atoms with Crippen molar-refractivity contribution in [2.45, 2.75) is 37.7 Å². The summed E-state index contributed by atoms with van der Waals surface area (Å²) in [6.45, 7) is 4.52. The molecule has 4 rings (SSSR count). The second-order valence-electron chi connectivity index (χ2n) is 7.22. The molecule has 0 bridgehead atoms. The summed E-state index contributed by atoms with van der Waals surface area (Å²) < 4.78 is 9.92. The van der Waals surface area contributed by atoms with Crippen LogP contribution in [0.5, 0.6) is 0 Å². The van der Waals surface area contributed by atoms with E-state index >= 15 is 0 Å². The lowest BCUT2D eigenvalue weighted by Crippen LogP contribution is -2.37. The predicted molar refractivity (Wildman–Crippen MR) is 116 cm³/mol. The molecule has 4 aromatic rings. The second kappa shape index (κ2) is 7.98. The number of thioether (sulfide) groups is 1. The van der Waals surface area contributed by atoms with Crippen molar-refractivity contribution in [2.75, 3.05) is 0 Å². The van der Waals surface area contributed by atoms with Gasteiger partial charge in [-0.2, -0.15) is 0 Å². The van der Waals surface area contributed by atoms with Crippen LogP contribution in [-0.4, -0.2) is 23.7 Å². The maximum Gasteiger partial charge on any atom is 0.332 e. The highest BCUT2D eigenvalue weighted by Gasteiger charge is 2.20. The molecule has 0 fully saturated rings. The number of oxazole rings is 1. The van der Waals surface area contributed by atoms with Crippen molar-refractivity contribution in [2.24, 2.45) is 14.1 Å². The van der Waals surface area contributed by atoms with Gasteiger partial charge in [0.15, 0.2) is 16.3 Å². The van der Waals surface area contributed by atoms with E-state index in [2.05, 4.69) is 9.97 Å². The molecule has 1 aromatic carbocycles. The van der Waals surface area contributed by atoms with E-state index in [0.717, 1.165) is 27.8 Å². The van der Waals surface area contributed by atoms with E-state index in [1.54, 1.807) is 13.3 Å². The maximum absolute atomic E-state index is 12.9. The first-order valence-electron chi connectivity index (χ1n) is 9.67. The smallest absolute Gasteiger partial charge is 0.332 e. The number of aryl methyl sites for hydroxylation is 3. The van der Waals surface area contributed by atoms with Gasteiger partial charge in [-0.15, -0.1) is 0 Å². The number of aromatic nitrogens is 5. The van der Waals surface area contributed by atoms with Gasteiger partial charge in [-0.3, -0.25) is 13.9 Å². The monoisotopic (exact) mass is 425 g/mol. The van der Waals surface area contributed by atoms with Gasteiger partial charge in [0.05, 0.1) is 18.0 Å². The number of fused-ring (bicyclic) bond motifs is 1. The Balaban J connectivity index is 1.81. The Morgan fingerprint density at radius 3 is 2.47 bits per heavy atom. The fourth-order valence-electron chi connectivity index (χ4n) is 3.26. The molecule has 156 valence electrons. The predicted octanol–water partition coefficient (Wildman–Crippen LogP) is 2.63. The lowest BCUT2D eigenvalue weighted by atomic mass is 10.1. The molecular formula is C21H23N5O3S. The molecule has 3 aromatic heterocycles. The molecule has 30 heavy (non-hydrogen) atoms. The van der Waals surface area contributed by atoms with Crippen molar-refractivity contribution < 1.29 is 4.42 Å². The minimum atomic E-state index is -0.399. The second-order valence-corrected chi connectivity index (χ2v) is 8.16. The van der Waals surface area contributed by atoms with Gasteiger partial charge in [0.2, 0.25) is 5.89 Å². The number of imidazole rings is 1. The van der Waals surface area contributed by atoms with Crippen molar-refractivity contribution >= 4 is 22.9 Å². The SMILES string of the molecule is CCc1coc(CSc2nc3c(c(=O)n(C)c(=O)n3C)n2Cc2ccc(C)cc2)n1. The topological polar surface area (TPSA) is 87.9 Å². The summed E-state index contributed by atoms with van der Waals surface area (Å²) in [6.07, 6.45) is 2.46. The molecule has 0 radical (unpaired) electrons. The van der Waals surface area contributed by atoms with Crippen LogP contribution in [0.1, 0.15) is 29.6 Å². The third kappa shape index (κ3) is 3.60. The molecule has 3 heterocycles. The summed E-state index contributed by atoms with van der Waals surface area (Å²) >= 11 is 1.43. The lowest BCUT2D eigenvalue weighted by molar-refractivity contribution is 0.516. The van der Waals surface area contributed by atoms with E-state index in [1.165, 1.54) is 23.4 Å². The van der Waals surface area contributed by atoms with Crippen LogP contribution in [0.25, 0.3) is 11.2 Å². The summed E-state index contributed by atoms with van der Waals surface area (Å²) in [5, 5.41) is 0.639. The number of hydrogen-bond donors (Lipinski definition) is 0. The zero-order chi connectivity index (χ0) is 21.4. The Kier molecular flexibility index (Phi) is 5.38. The number of rotatable bonds is 6. The average Bonchev–Trinajstić information content (AvgIpc) is 3.35. The number of benzene rings is 1. The van der Waals surface area contributed by atoms with Crippen LogP contribution < -0.4 is 11.2 Å². The Morgan fingerprint density at radius 1 is 1.07 bits per heavy atom. The molecule has 0 saturated carbocycles. The lowest BCUT2D eigenvalue weighted by Gasteiger charge is -2.09. The molecular weight excluding hydrogens is 402 g/mol. The number of hydrogen-bond acceptors (Lipinski definition) is 6. The first-order valence-corrected chi connectivity index (χ1v) is 10.7. The van der Waals surface area contributed by atoms with Crippen LogP contribution in [0.4, 0.5) is 0 Å². The third-order valence-corrected chi connectivity index (χ3v) is 6.02. The minimum absolute atomic E-state index is 0.357.